The summed E-state index contributed by atoms with van der Waals surface area (Å²) in [4.78, 5) is 26.7. The summed E-state index contributed by atoms with van der Waals surface area (Å²) in [7, 11) is 1.57. The van der Waals surface area contributed by atoms with Crippen molar-refractivity contribution < 1.29 is 14.3 Å². The molecule has 2 amide bonds. The lowest BCUT2D eigenvalue weighted by Crippen LogP contribution is -2.36. The van der Waals surface area contributed by atoms with Gasteiger partial charge >= 0.3 is 0 Å². The number of aromatic nitrogens is 2. The van der Waals surface area contributed by atoms with E-state index in [1.54, 1.807) is 36.3 Å². The maximum absolute atomic E-state index is 12.8. The number of ether oxygens (including phenoxy) is 1. The van der Waals surface area contributed by atoms with E-state index in [0.717, 1.165) is 10.6 Å². The van der Waals surface area contributed by atoms with Crippen LogP contribution < -0.4 is 5.32 Å². The second-order valence-electron chi connectivity index (χ2n) is 6.37. The van der Waals surface area contributed by atoms with Gasteiger partial charge in [0.25, 0.3) is 5.91 Å². The Morgan fingerprint density at radius 1 is 1.07 bits per heavy atom. The number of methoxy groups -OCH3 is 1. The number of amides is 2. The molecule has 0 saturated carbocycles. The average Bonchev–Trinajstić information content (AvgIpc) is 3.23. The van der Waals surface area contributed by atoms with E-state index in [9.17, 15) is 9.59 Å². The fraction of sp³-hybridized carbons (Fsp3) is 0.238. The van der Waals surface area contributed by atoms with Gasteiger partial charge in [-0.25, -0.2) is 0 Å². The van der Waals surface area contributed by atoms with Crippen molar-refractivity contribution >= 4 is 39.9 Å². The van der Waals surface area contributed by atoms with Crippen molar-refractivity contribution in [2.45, 2.75) is 6.42 Å². The first-order chi connectivity index (χ1) is 14.6. The van der Waals surface area contributed by atoms with Crippen molar-refractivity contribution in [3.05, 3.63) is 65.2 Å². The molecule has 0 aliphatic rings. The number of anilines is 1. The number of carbonyl (C=O) groups is 2. The van der Waals surface area contributed by atoms with Gasteiger partial charge < -0.3 is 15.0 Å². The van der Waals surface area contributed by atoms with Crippen LogP contribution in [0.3, 0.4) is 0 Å². The van der Waals surface area contributed by atoms with E-state index in [4.69, 9.17) is 16.3 Å². The molecule has 0 spiro atoms. The van der Waals surface area contributed by atoms with Gasteiger partial charge in [0, 0.05) is 42.8 Å². The van der Waals surface area contributed by atoms with Gasteiger partial charge in [0.05, 0.1) is 6.61 Å². The molecule has 7 nitrogen and oxygen atoms in total. The average molecular weight is 445 g/mol. The third-order valence-corrected chi connectivity index (χ3v) is 5.38. The highest BCUT2D eigenvalue weighted by Crippen LogP contribution is 2.25. The molecule has 0 unspecified atom stereocenters. The number of hydrogen-bond acceptors (Lipinski definition) is 6. The first-order valence-corrected chi connectivity index (χ1v) is 10.5. The summed E-state index contributed by atoms with van der Waals surface area (Å²) in [5, 5.41) is 12.6. The predicted molar refractivity (Wildman–Crippen MR) is 118 cm³/mol. The number of nitrogens with one attached hydrogen (secondary N) is 1. The van der Waals surface area contributed by atoms with E-state index in [0.29, 0.717) is 28.9 Å². The Bertz CT molecular complexity index is 979. The van der Waals surface area contributed by atoms with Crippen LogP contribution in [0.1, 0.15) is 16.8 Å². The first-order valence-electron chi connectivity index (χ1n) is 9.29. The molecule has 1 aromatic heterocycles. The van der Waals surface area contributed by atoms with Crippen LogP contribution in [-0.4, -0.2) is 53.7 Å². The highest BCUT2D eigenvalue weighted by atomic mass is 35.5. The molecule has 1 heterocycles. The van der Waals surface area contributed by atoms with E-state index in [2.05, 4.69) is 15.5 Å². The zero-order valence-electron chi connectivity index (χ0n) is 16.4. The minimum Gasteiger partial charge on any atom is -0.383 e. The van der Waals surface area contributed by atoms with Crippen LogP contribution >= 0.6 is 22.9 Å². The van der Waals surface area contributed by atoms with Crippen LogP contribution in [0.4, 0.5) is 5.13 Å². The lowest BCUT2D eigenvalue weighted by molar-refractivity contribution is -0.116. The summed E-state index contributed by atoms with van der Waals surface area (Å²) in [5.74, 6) is -0.420. The number of nitrogens with zero attached hydrogens (tertiary/aromatic N) is 3. The highest BCUT2D eigenvalue weighted by Gasteiger charge is 2.17. The Balaban J connectivity index is 1.58. The van der Waals surface area contributed by atoms with Gasteiger partial charge in [-0.15, -0.1) is 10.2 Å². The van der Waals surface area contributed by atoms with Crippen LogP contribution in [0, 0.1) is 0 Å². The third-order valence-electron chi connectivity index (χ3n) is 4.24. The number of hydrogen-bond donors (Lipinski definition) is 1. The summed E-state index contributed by atoms with van der Waals surface area (Å²) < 4.78 is 5.09. The van der Waals surface area contributed by atoms with Gasteiger partial charge in [-0.3, -0.25) is 9.59 Å². The van der Waals surface area contributed by atoms with Crippen LogP contribution in [-0.2, 0) is 9.53 Å². The Hall–Kier alpha value is -2.81. The van der Waals surface area contributed by atoms with Crippen LogP contribution in [0.15, 0.2) is 54.6 Å². The molecule has 0 atom stereocenters. The zero-order valence-corrected chi connectivity index (χ0v) is 17.9. The van der Waals surface area contributed by atoms with Crippen molar-refractivity contribution in [1.29, 1.82) is 0 Å². The molecule has 156 valence electrons. The van der Waals surface area contributed by atoms with Crippen molar-refractivity contribution in [3.63, 3.8) is 0 Å². The smallest absolute Gasteiger partial charge is 0.253 e. The maximum Gasteiger partial charge on any atom is 0.253 e. The van der Waals surface area contributed by atoms with Gasteiger partial charge in [0.1, 0.15) is 5.01 Å². The number of halogens is 1. The molecule has 0 saturated heterocycles. The molecule has 1 N–H and O–H groups in total. The minimum atomic E-state index is -0.239. The Labute approximate surface area is 183 Å². The number of benzene rings is 2. The van der Waals surface area contributed by atoms with Gasteiger partial charge in [-0.05, 0) is 24.3 Å². The second kappa shape index (κ2) is 10.8. The van der Waals surface area contributed by atoms with E-state index >= 15 is 0 Å². The van der Waals surface area contributed by atoms with Crippen molar-refractivity contribution in [2.75, 3.05) is 32.1 Å². The third kappa shape index (κ3) is 6.09. The molecule has 2 aromatic carbocycles. The topological polar surface area (TPSA) is 84.4 Å². The zero-order chi connectivity index (χ0) is 21.3. The number of rotatable bonds is 9. The molecule has 3 rings (SSSR count). The second-order valence-corrected chi connectivity index (χ2v) is 7.78. The Morgan fingerprint density at radius 3 is 2.50 bits per heavy atom. The van der Waals surface area contributed by atoms with E-state index < -0.39 is 0 Å². The molecular formula is C21H21ClN4O3S. The summed E-state index contributed by atoms with van der Waals surface area (Å²) in [6.45, 7) is 1.00. The fourth-order valence-electron chi connectivity index (χ4n) is 2.68. The predicted octanol–water partition coefficient (Wildman–Crippen LogP) is 3.98. The lowest BCUT2D eigenvalue weighted by Gasteiger charge is -2.22. The normalized spacial score (nSPS) is 10.6. The largest absolute Gasteiger partial charge is 0.383 e. The molecule has 0 fully saturated rings. The first kappa shape index (κ1) is 21.9. The Kier molecular flexibility index (Phi) is 7.89. The molecule has 0 aliphatic carbocycles. The molecular weight excluding hydrogens is 424 g/mol. The molecule has 9 heteroatoms. The standard InChI is InChI=1S/C21H21ClN4O3S/c1-29-14-13-26(20(28)16-7-9-17(22)10-8-16)12-11-18(27)23-21-25-24-19(30-21)15-5-3-2-4-6-15/h2-10H,11-14H2,1H3,(H,23,25,27). The van der Waals surface area contributed by atoms with Crippen molar-refractivity contribution in [1.82, 2.24) is 15.1 Å². The van der Waals surface area contributed by atoms with Gasteiger partial charge in [-0.1, -0.05) is 53.3 Å². The lowest BCUT2D eigenvalue weighted by atomic mass is 10.2. The van der Waals surface area contributed by atoms with Crippen LogP contribution in [0.2, 0.25) is 5.02 Å². The SMILES string of the molecule is COCCN(CCC(=O)Nc1nnc(-c2ccccc2)s1)C(=O)c1ccc(Cl)cc1. The van der Waals surface area contributed by atoms with Gasteiger partial charge in [0.2, 0.25) is 11.0 Å². The Morgan fingerprint density at radius 2 is 1.80 bits per heavy atom. The van der Waals surface area contributed by atoms with Crippen LogP contribution in [0.25, 0.3) is 10.6 Å². The van der Waals surface area contributed by atoms with E-state index in [1.807, 2.05) is 30.3 Å². The van der Waals surface area contributed by atoms with Crippen LogP contribution in [0.5, 0.6) is 0 Å². The van der Waals surface area contributed by atoms with Gasteiger partial charge in [0.15, 0.2) is 0 Å². The summed E-state index contributed by atoms with van der Waals surface area (Å²) in [6, 6.07) is 16.3. The number of carbonyl (C=O) groups excluding carboxylic acids is 2. The molecule has 30 heavy (non-hydrogen) atoms. The quantitative estimate of drug-likeness (QED) is 0.539. The highest BCUT2D eigenvalue weighted by molar-refractivity contribution is 7.18. The minimum absolute atomic E-state index is 0.128. The van der Waals surface area contributed by atoms with Crippen molar-refractivity contribution in [3.8, 4) is 10.6 Å². The molecule has 0 radical (unpaired) electrons. The molecule has 0 bridgehead atoms. The summed E-state index contributed by atoms with van der Waals surface area (Å²) >= 11 is 7.19. The molecule has 3 aromatic rings. The molecule has 0 aliphatic heterocycles. The maximum atomic E-state index is 12.8. The van der Waals surface area contributed by atoms with E-state index in [1.165, 1.54) is 11.3 Å². The van der Waals surface area contributed by atoms with E-state index in [-0.39, 0.29) is 24.8 Å². The monoisotopic (exact) mass is 444 g/mol. The van der Waals surface area contributed by atoms with Gasteiger partial charge in [-0.2, -0.15) is 0 Å². The summed E-state index contributed by atoms with van der Waals surface area (Å²) in [5.41, 5.74) is 1.45. The van der Waals surface area contributed by atoms with Crippen molar-refractivity contribution in [2.24, 2.45) is 0 Å². The fourth-order valence-corrected chi connectivity index (χ4v) is 3.57. The summed E-state index contributed by atoms with van der Waals surface area (Å²) in [6.07, 6.45) is 0.128.